The van der Waals surface area contributed by atoms with Crippen molar-refractivity contribution in [1.29, 1.82) is 0 Å². The molecule has 0 aromatic carbocycles. The molecule has 0 amide bonds. The van der Waals surface area contributed by atoms with E-state index in [9.17, 15) is 0 Å². The summed E-state index contributed by atoms with van der Waals surface area (Å²) in [7, 11) is 5.48. The Balaban J connectivity index is 0.000000371. The van der Waals surface area contributed by atoms with Gasteiger partial charge in [0.05, 0.1) is 7.85 Å². The maximum absolute atomic E-state index is 5.48. The van der Waals surface area contributed by atoms with Crippen LogP contribution in [-0.2, 0) is 0 Å². The van der Waals surface area contributed by atoms with Crippen molar-refractivity contribution >= 4 is 7.85 Å². The summed E-state index contributed by atoms with van der Waals surface area (Å²) in [5.41, 5.74) is 0. The smallest absolute Gasteiger partial charge is 0.0656 e. The molecule has 1 nitrogen and oxygen atoms in total. The minimum atomic E-state index is 0.802. The van der Waals surface area contributed by atoms with E-state index in [1.807, 2.05) is 13.8 Å². The van der Waals surface area contributed by atoms with Crippen LogP contribution in [0.3, 0.4) is 0 Å². The summed E-state index contributed by atoms with van der Waals surface area (Å²) >= 11 is 0. The zero-order chi connectivity index (χ0) is 7.82. The van der Waals surface area contributed by atoms with Crippen molar-refractivity contribution in [2.75, 3.05) is 13.1 Å². The molecule has 2 radical (unpaired) electrons. The van der Waals surface area contributed by atoms with Crippen molar-refractivity contribution in [3.05, 3.63) is 0 Å². The molecule has 2 heteroatoms. The molecule has 58 valence electrons. The average Bonchev–Trinajstić information content (AvgIpc) is 2.10. The molecule has 10 heavy (non-hydrogen) atoms. The van der Waals surface area contributed by atoms with Gasteiger partial charge in [0.15, 0.2) is 0 Å². The third-order valence-corrected chi connectivity index (χ3v) is 1.79. The molecule has 0 saturated carbocycles. The van der Waals surface area contributed by atoms with E-state index in [4.69, 9.17) is 7.85 Å². The third kappa shape index (κ3) is 3.94. The number of rotatable bonds is 1. The van der Waals surface area contributed by atoms with E-state index in [0.717, 1.165) is 12.2 Å². The molecule has 0 spiro atoms. The van der Waals surface area contributed by atoms with Gasteiger partial charge in [-0.15, -0.1) is 0 Å². The first-order valence-corrected chi connectivity index (χ1v) is 4.34. The second-order valence-corrected chi connectivity index (χ2v) is 2.43. The molecule has 0 aromatic heterocycles. The quantitative estimate of drug-likeness (QED) is 0.544. The van der Waals surface area contributed by atoms with Crippen molar-refractivity contribution in [1.82, 2.24) is 5.32 Å². The first-order chi connectivity index (χ1) is 4.93. The summed E-state index contributed by atoms with van der Waals surface area (Å²) in [6.07, 6.45) is 3.43. The molecule has 1 N–H and O–H groups in total. The second kappa shape index (κ2) is 7.14. The van der Waals surface area contributed by atoms with Crippen LogP contribution in [0, 0.1) is 5.92 Å². The van der Waals surface area contributed by atoms with Crippen LogP contribution in [0.2, 0.25) is 6.32 Å². The van der Waals surface area contributed by atoms with E-state index in [-0.39, 0.29) is 0 Å². The fourth-order valence-electron chi connectivity index (χ4n) is 1.12. The average molecular weight is 139 g/mol. The lowest BCUT2D eigenvalue weighted by Gasteiger charge is -2.20. The maximum Gasteiger partial charge on any atom is 0.0656 e. The molecule has 0 aliphatic carbocycles. The van der Waals surface area contributed by atoms with Gasteiger partial charge in [-0.05, 0) is 31.8 Å². The summed E-state index contributed by atoms with van der Waals surface area (Å²) in [5.74, 6) is 0.802. The van der Waals surface area contributed by atoms with Crippen LogP contribution in [-0.4, -0.2) is 20.9 Å². The van der Waals surface area contributed by atoms with Gasteiger partial charge in [-0.2, -0.15) is 0 Å². The molecule has 1 saturated heterocycles. The van der Waals surface area contributed by atoms with E-state index in [1.165, 1.54) is 25.9 Å². The highest BCUT2D eigenvalue weighted by Crippen LogP contribution is 2.13. The van der Waals surface area contributed by atoms with Gasteiger partial charge in [0.25, 0.3) is 0 Å². The lowest BCUT2D eigenvalue weighted by molar-refractivity contribution is 0.402. The minimum absolute atomic E-state index is 0.802. The number of nitrogens with one attached hydrogen (secondary N) is 1. The Hall–Kier alpha value is 0.0249. The van der Waals surface area contributed by atoms with E-state index in [0.29, 0.717) is 0 Å². The topological polar surface area (TPSA) is 12.0 Å². The van der Waals surface area contributed by atoms with E-state index >= 15 is 0 Å². The van der Waals surface area contributed by atoms with Crippen LogP contribution < -0.4 is 5.32 Å². The van der Waals surface area contributed by atoms with E-state index in [1.54, 1.807) is 0 Å². The molecule has 1 fully saturated rings. The SMILES string of the molecule is CC.[B]CC1CCNCC1. The molecular formula is C8H18BN. The van der Waals surface area contributed by atoms with Crippen LogP contribution in [0.25, 0.3) is 0 Å². The van der Waals surface area contributed by atoms with Crippen LogP contribution in [0.1, 0.15) is 26.7 Å². The summed E-state index contributed by atoms with van der Waals surface area (Å²) in [6, 6.07) is 0. The second-order valence-electron chi connectivity index (χ2n) is 2.43. The standard InChI is InChI=1S/C6H12BN.C2H6/c7-5-6-1-3-8-4-2-6;1-2/h6,8H,1-5H2;1-2H3. The highest BCUT2D eigenvalue weighted by Gasteiger charge is 2.08. The Morgan fingerprint density at radius 2 is 1.80 bits per heavy atom. The summed E-state index contributed by atoms with van der Waals surface area (Å²) in [4.78, 5) is 0. The van der Waals surface area contributed by atoms with Gasteiger partial charge < -0.3 is 5.32 Å². The molecule has 0 bridgehead atoms. The van der Waals surface area contributed by atoms with Crippen molar-refractivity contribution < 1.29 is 0 Å². The van der Waals surface area contributed by atoms with E-state index < -0.39 is 0 Å². The first-order valence-electron chi connectivity index (χ1n) is 4.34. The zero-order valence-corrected chi connectivity index (χ0v) is 7.19. The van der Waals surface area contributed by atoms with E-state index in [2.05, 4.69) is 5.32 Å². The Labute approximate surface area is 66.0 Å². The summed E-state index contributed by atoms with van der Waals surface area (Å²) in [5, 5.41) is 3.29. The first kappa shape index (κ1) is 10.0. The van der Waals surface area contributed by atoms with Gasteiger partial charge in [0, 0.05) is 0 Å². The van der Waals surface area contributed by atoms with Crippen LogP contribution >= 0.6 is 0 Å². The van der Waals surface area contributed by atoms with Crippen molar-refractivity contribution in [2.24, 2.45) is 5.92 Å². The molecule has 0 unspecified atom stereocenters. The molecule has 1 aliphatic rings. The largest absolute Gasteiger partial charge is 0.317 e. The number of piperidine rings is 1. The minimum Gasteiger partial charge on any atom is -0.317 e. The van der Waals surface area contributed by atoms with Gasteiger partial charge in [-0.3, -0.25) is 0 Å². The molecule has 0 aromatic rings. The fraction of sp³-hybridized carbons (Fsp3) is 1.00. The maximum atomic E-state index is 5.48. The van der Waals surface area contributed by atoms with Gasteiger partial charge in [-0.25, -0.2) is 0 Å². The lowest BCUT2D eigenvalue weighted by atomic mass is 9.85. The van der Waals surface area contributed by atoms with Gasteiger partial charge >= 0.3 is 0 Å². The predicted molar refractivity (Wildman–Crippen MR) is 47.5 cm³/mol. The van der Waals surface area contributed by atoms with Crippen LogP contribution in [0.5, 0.6) is 0 Å². The van der Waals surface area contributed by atoms with Crippen molar-refractivity contribution in [3.8, 4) is 0 Å². The highest BCUT2D eigenvalue weighted by molar-refractivity contribution is 6.08. The van der Waals surface area contributed by atoms with Crippen molar-refractivity contribution in [2.45, 2.75) is 33.0 Å². The number of hydrogen-bond donors (Lipinski definition) is 1. The van der Waals surface area contributed by atoms with Gasteiger partial charge in [-0.1, -0.05) is 20.2 Å². The monoisotopic (exact) mass is 139 g/mol. The van der Waals surface area contributed by atoms with Gasteiger partial charge in [0.2, 0.25) is 0 Å². The predicted octanol–water partition coefficient (Wildman–Crippen LogP) is 1.60. The molecule has 1 aliphatic heterocycles. The van der Waals surface area contributed by atoms with Gasteiger partial charge in [0.1, 0.15) is 0 Å². The lowest BCUT2D eigenvalue weighted by Crippen LogP contribution is -2.27. The molecular weight excluding hydrogens is 121 g/mol. The highest BCUT2D eigenvalue weighted by atomic mass is 14.9. The Morgan fingerprint density at radius 1 is 1.30 bits per heavy atom. The van der Waals surface area contributed by atoms with Crippen molar-refractivity contribution in [3.63, 3.8) is 0 Å². The Bertz CT molecular complexity index is 60.3. The Morgan fingerprint density at radius 3 is 2.10 bits per heavy atom. The van der Waals surface area contributed by atoms with Crippen LogP contribution in [0.15, 0.2) is 0 Å². The normalized spacial score (nSPS) is 19.4. The molecule has 0 atom stereocenters. The molecule has 1 heterocycles. The summed E-state index contributed by atoms with van der Waals surface area (Å²) in [6.45, 7) is 6.34. The fourth-order valence-corrected chi connectivity index (χ4v) is 1.12. The third-order valence-electron chi connectivity index (χ3n) is 1.79. The zero-order valence-electron chi connectivity index (χ0n) is 7.19. The van der Waals surface area contributed by atoms with Crippen LogP contribution in [0.4, 0.5) is 0 Å². The Kier molecular flexibility index (Phi) is 7.15. The summed E-state index contributed by atoms with van der Waals surface area (Å²) < 4.78 is 0. The molecule has 1 rings (SSSR count). The number of hydrogen-bond acceptors (Lipinski definition) is 1.